The van der Waals surface area contributed by atoms with Crippen molar-refractivity contribution in [3.8, 4) is 11.5 Å². The van der Waals surface area contributed by atoms with Gasteiger partial charge >= 0.3 is 5.97 Å². The molecule has 1 aromatic carbocycles. The van der Waals surface area contributed by atoms with E-state index < -0.39 is 11.9 Å². The third-order valence-electron chi connectivity index (χ3n) is 7.23. The summed E-state index contributed by atoms with van der Waals surface area (Å²) in [6.45, 7) is 10.9. The normalized spacial score (nSPS) is 19.1. The fraction of sp³-hybridized carbons (Fsp3) is 0.758. The van der Waals surface area contributed by atoms with Crippen LogP contribution in [0.15, 0.2) is 18.2 Å². The van der Waals surface area contributed by atoms with Crippen LogP contribution in [-0.4, -0.2) is 106 Å². The molecule has 0 aliphatic carbocycles. The van der Waals surface area contributed by atoms with Gasteiger partial charge in [0.1, 0.15) is 6.29 Å². The van der Waals surface area contributed by atoms with Gasteiger partial charge in [-0.1, -0.05) is 70.9 Å². The third kappa shape index (κ3) is 15.6. The Balaban J connectivity index is 0.000000551. The summed E-state index contributed by atoms with van der Waals surface area (Å²) in [6, 6.07) is 5.32. The van der Waals surface area contributed by atoms with Gasteiger partial charge in [0, 0.05) is 19.1 Å². The topological polar surface area (TPSA) is 93.0 Å². The van der Waals surface area contributed by atoms with E-state index in [4.69, 9.17) is 14.2 Å². The number of carboxylic acids is 1. The van der Waals surface area contributed by atoms with E-state index in [-0.39, 0.29) is 18.8 Å². The van der Waals surface area contributed by atoms with Crippen LogP contribution in [0.3, 0.4) is 0 Å². The summed E-state index contributed by atoms with van der Waals surface area (Å²) in [5, 5.41) is 10.0. The van der Waals surface area contributed by atoms with Gasteiger partial charge in [-0.15, -0.1) is 0 Å². The van der Waals surface area contributed by atoms with Crippen LogP contribution in [0.2, 0.25) is 0 Å². The van der Waals surface area contributed by atoms with E-state index in [0.717, 1.165) is 31.1 Å². The van der Waals surface area contributed by atoms with Gasteiger partial charge in [0.05, 0.1) is 45.5 Å². The Morgan fingerprint density at radius 1 is 1.05 bits per heavy atom. The van der Waals surface area contributed by atoms with E-state index in [0.29, 0.717) is 37.0 Å². The number of hydrogen-bond acceptors (Lipinski definition) is 8. The summed E-state index contributed by atoms with van der Waals surface area (Å²) in [4.78, 5) is 26.9. The van der Waals surface area contributed by atoms with Crippen LogP contribution in [0, 0.1) is 5.92 Å². The Morgan fingerprint density at radius 3 is 2.26 bits per heavy atom. The maximum Gasteiger partial charge on any atom is 0.308 e. The second kappa shape index (κ2) is 23.5. The Morgan fingerprint density at radius 2 is 1.67 bits per heavy atom. The average molecular weight is 627 g/mol. The van der Waals surface area contributed by atoms with Crippen molar-refractivity contribution in [1.29, 1.82) is 0 Å². The van der Waals surface area contributed by atoms with Crippen LogP contribution in [-0.2, 0) is 14.3 Å². The van der Waals surface area contributed by atoms with Gasteiger partial charge in [0.15, 0.2) is 11.5 Å². The molecule has 43 heavy (non-hydrogen) atoms. The largest absolute Gasteiger partial charge is 0.481 e. The molecule has 3 rings (SSSR count). The Bertz CT molecular complexity index is 879. The van der Waals surface area contributed by atoms with Crippen molar-refractivity contribution >= 4 is 24.2 Å². The molecule has 0 radical (unpaired) electrons. The van der Waals surface area contributed by atoms with Crippen LogP contribution < -0.4 is 14.4 Å². The van der Waals surface area contributed by atoms with Gasteiger partial charge in [-0.3, -0.25) is 4.79 Å². The van der Waals surface area contributed by atoms with Gasteiger partial charge in [0.25, 0.3) is 0 Å². The molecule has 2 heterocycles. The van der Waals surface area contributed by atoms with E-state index >= 15 is 0 Å². The highest BCUT2D eigenvalue weighted by Crippen LogP contribution is 2.43. The van der Waals surface area contributed by atoms with Crippen molar-refractivity contribution in [3.05, 3.63) is 23.8 Å². The van der Waals surface area contributed by atoms with E-state index in [1.165, 1.54) is 62.0 Å². The molecule has 10 heteroatoms. The SMILES string of the molecule is CCCCCCOCC1[C@H](C(=O)O)C(c2ccc3c(c2)OCO3)CN1SCC=O.CCCCN(C)CCCC.C[NH+](C)C. The van der Waals surface area contributed by atoms with Crippen LogP contribution in [0.25, 0.3) is 0 Å². The van der Waals surface area contributed by atoms with Crippen molar-refractivity contribution in [2.45, 2.75) is 84.1 Å². The number of hydrogen-bond donors (Lipinski definition) is 2. The van der Waals surface area contributed by atoms with Crippen LogP contribution >= 0.6 is 11.9 Å². The summed E-state index contributed by atoms with van der Waals surface area (Å²) >= 11 is 1.38. The molecule has 1 aromatic rings. The number of carbonyl (C=O) groups excluding carboxylic acids is 1. The first-order valence-corrected chi connectivity index (χ1v) is 17.1. The minimum Gasteiger partial charge on any atom is -0.481 e. The van der Waals surface area contributed by atoms with Crippen molar-refractivity contribution in [1.82, 2.24) is 9.21 Å². The van der Waals surface area contributed by atoms with Crippen molar-refractivity contribution in [2.75, 3.05) is 73.6 Å². The maximum absolute atomic E-state index is 12.2. The van der Waals surface area contributed by atoms with Gasteiger partial charge in [-0.05, 0) is 57.1 Å². The monoisotopic (exact) mass is 626 g/mol. The van der Waals surface area contributed by atoms with Crippen LogP contribution in [0.5, 0.6) is 11.5 Å². The average Bonchev–Trinajstić information content (AvgIpc) is 3.60. The van der Waals surface area contributed by atoms with Gasteiger partial charge in [0.2, 0.25) is 6.79 Å². The summed E-state index contributed by atoms with van der Waals surface area (Å²) < 4.78 is 18.7. The van der Waals surface area contributed by atoms with Crippen LogP contribution in [0.1, 0.15) is 83.6 Å². The van der Waals surface area contributed by atoms with E-state index in [1.807, 2.05) is 22.5 Å². The number of rotatable bonds is 18. The Hall–Kier alpha value is -1.85. The molecular formula is C33H60N3O6S+. The highest BCUT2D eigenvalue weighted by atomic mass is 32.2. The number of carbonyl (C=O) groups is 2. The lowest BCUT2D eigenvalue weighted by Gasteiger charge is -2.25. The number of fused-ring (bicyclic) bond motifs is 1. The standard InChI is InChI=1S/C21H29NO6S.C9H21N.C3H9N/c1-2-3-4-5-9-26-13-17-20(21(24)25)16(12-22(17)29-10-8-23)15-6-7-18-19(11-15)28-14-27-18;1-4-6-8-10(3)9-7-5-2;1-4(2)3/h6-8,11,16-17,20H,2-5,9-10,12-14H2,1H3,(H,24,25);4-9H2,1-3H3;1-3H3/p+1/t16?,17?,20-;;/m1../s1. The number of carboxylic acid groups (broad SMARTS) is 1. The molecular weight excluding hydrogens is 566 g/mol. The predicted octanol–water partition coefficient (Wildman–Crippen LogP) is 4.61. The minimum absolute atomic E-state index is 0.182. The lowest BCUT2D eigenvalue weighted by Crippen LogP contribution is -3.02. The van der Waals surface area contributed by atoms with Gasteiger partial charge in [-0.2, -0.15) is 0 Å². The number of benzene rings is 1. The molecule has 2 aliphatic heterocycles. The Kier molecular flexibility index (Phi) is 21.4. The first kappa shape index (κ1) is 39.2. The number of unbranched alkanes of at least 4 members (excludes halogenated alkanes) is 5. The van der Waals surface area contributed by atoms with E-state index in [9.17, 15) is 14.7 Å². The number of quaternary nitrogens is 1. The first-order chi connectivity index (χ1) is 20.7. The molecule has 1 fully saturated rings. The molecule has 2 aliphatic rings. The second-order valence-electron chi connectivity index (χ2n) is 11.9. The zero-order valence-electron chi connectivity index (χ0n) is 27.9. The molecule has 0 aromatic heterocycles. The number of nitrogens with zero attached hydrogens (tertiary/aromatic N) is 2. The predicted molar refractivity (Wildman–Crippen MR) is 176 cm³/mol. The number of ether oxygens (including phenoxy) is 3. The third-order valence-corrected chi connectivity index (χ3v) is 8.27. The molecule has 0 saturated carbocycles. The summed E-state index contributed by atoms with van der Waals surface area (Å²) in [6.07, 6.45) is 10.6. The number of aldehydes is 1. The molecule has 248 valence electrons. The molecule has 3 atom stereocenters. The van der Waals surface area contributed by atoms with Gasteiger partial charge in [-0.25, -0.2) is 4.31 Å². The summed E-state index contributed by atoms with van der Waals surface area (Å²) in [7, 11) is 8.46. The van der Waals surface area contributed by atoms with Crippen molar-refractivity contribution < 1.29 is 33.8 Å². The fourth-order valence-electron chi connectivity index (χ4n) is 4.95. The van der Waals surface area contributed by atoms with Crippen molar-refractivity contribution in [3.63, 3.8) is 0 Å². The maximum atomic E-state index is 12.2. The summed E-state index contributed by atoms with van der Waals surface area (Å²) in [5.41, 5.74) is 0.906. The lowest BCUT2D eigenvalue weighted by molar-refractivity contribution is -0.836. The lowest BCUT2D eigenvalue weighted by atomic mass is 9.85. The zero-order valence-corrected chi connectivity index (χ0v) is 28.8. The molecule has 2 unspecified atom stereocenters. The minimum atomic E-state index is -0.846. The quantitative estimate of drug-likeness (QED) is 0.138. The van der Waals surface area contributed by atoms with E-state index in [2.05, 4.69) is 53.9 Å². The molecule has 2 N–H and O–H groups in total. The molecule has 1 saturated heterocycles. The smallest absolute Gasteiger partial charge is 0.308 e. The molecule has 9 nitrogen and oxygen atoms in total. The summed E-state index contributed by atoms with van der Waals surface area (Å²) in [5.74, 6) is -0.0544. The molecule has 0 spiro atoms. The molecule has 0 amide bonds. The highest BCUT2D eigenvalue weighted by Gasteiger charge is 2.47. The zero-order chi connectivity index (χ0) is 32.0. The highest BCUT2D eigenvalue weighted by molar-refractivity contribution is 7.97. The number of nitrogens with one attached hydrogen (secondary N) is 1. The van der Waals surface area contributed by atoms with E-state index in [1.54, 1.807) is 0 Å². The fourth-order valence-corrected chi connectivity index (χ4v) is 5.85. The van der Waals surface area contributed by atoms with Crippen molar-refractivity contribution in [2.24, 2.45) is 5.92 Å². The van der Waals surface area contributed by atoms with Crippen LogP contribution in [0.4, 0.5) is 0 Å². The Labute approximate surface area is 265 Å². The molecule has 0 bridgehead atoms. The van der Waals surface area contributed by atoms with Gasteiger partial charge < -0.3 is 33.9 Å². The second-order valence-corrected chi connectivity index (χ2v) is 12.9. The number of aliphatic carboxylic acids is 1. The first-order valence-electron chi connectivity index (χ1n) is 16.2.